The van der Waals surface area contributed by atoms with Crippen LogP contribution in [0.2, 0.25) is 5.02 Å². The van der Waals surface area contributed by atoms with Crippen LogP contribution in [0.25, 0.3) is 17.4 Å². The summed E-state index contributed by atoms with van der Waals surface area (Å²) in [6.45, 7) is 0. The van der Waals surface area contributed by atoms with E-state index < -0.39 is 0 Å². The maximum absolute atomic E-state index is 11.8. The molecule has 0 radical (unpaired) electrons. The third-order valence-corrected chi connectivity index (χ3v) is 3.45. The van der Waals surface area contributed by atoms with E-state index in [4.69, 9.17) is 16.0 Å². The SMILES string of the molecule is O=C(C=Cc1ccc(-c2ccc(Cl)cc2)o1)Nc1ccccc1. The van der Waals surface area contributed by atoms with Crippen LogP contribution in [0.4, 0.5) is 5.69 Å². The molecule has 0 saturated carbocycles. The van der Waals surface area contributed by atoms with Gasteiger partial charge >= 0.3 is 0 Å². The number of rotatable bonds is 4. The molecule has 0 aliphatic carbocycles. The number of carbonyl (C=O) groups is 1. The van der Waals surface area contributed by atoms with Crippen LogP contribution in [0.5, 0.6) is 0 Å². The molecule has 4 heteroatoms. The van der Waals surface area contributed by atoms with E-state index in [1.807, 2.05) is 66.7 Å². The van der Waals surface area contributed by atoms with E-state index in [9.17, 15) is 4.79 Å². The van der Waals surface area contributed by atoms with Crippen LogP contribution < -0.4 is 5.32 Å². The van der Waals surface area contributed by atoms with Gasteiger partial charge in [-0.2, -0.15) is 0 Å². The molecule has 0 fully saturated rings. The van der Waals surface area contributed by atoms with Crippen molar-refractivity contribution in [2.24, 2.45) is 0 Å². The van der Waals surface area contributed by atoms with Gasteiger partial charge in [0, 0.05) is 22.3 Å². The quantitative estimate of drug-likeness (QED) is 0.666. The Hall–Kier alpha value is -2.78. The molecule has 23 heavy (non-hydrogen) atoms. The highest BCUT2D eigenvalue weighted by Gasteiger charge is 2.03. The van der Waals surface area contributed by atoms with Gasteiger partial charge in [-0.1, -0.05) is 29.8 Å². The van der Waals surface area contributed by atoms with Gasteiger partial charge in [0.15, 0.2) is 0 Å². The van der Waals surface area contributed by atoms with Gasteiger partial charge in [0.05, 0.1) is 0 Å². The summed E-state index contributed by atoms with van der Waals surface area (Å²) in [4.78, 5) is 11.8. The Labute approximate surface area is 139 Å². The molecule has 3 nitrogen and oxygen atoms in total. The van der Waals surface area contributed by atoms with Crippen LogP contribution in [-0.2, 0) is 4.79 Å². The van der Waals surface area contributed by atoms with Crippen molar-refractivity contribution in [1.82, 2.24) is 0 Å². The molecule has 0 spiro atoms. The molecule has 114 valence electrons. The first-order chi connectivity index (χ1) is 11.2. The van der Waals surface area contributed by atoms with E-state index in [1.54, 1.807) is 6.08 Å². The molecule has 3 aromatic rings. The predicted molar refractivity (Wildman–Crippen MR) is 93.3 cm³/mol. The molecule has 3 rings (SSSR count). The van der Waals surface area contributed by atoms with Crippen molar-refractivity contribution < 1.29 is 9.21 Å². The topological polar surface area (TPSA) is 42.2 Å². The lowest BCUT2D eigenvalue weighted by Crippen LogP contribution is -2.07. The zero-order valence-electron chi connectivity index (χ0n) is 12.2. The average molecular weight is 324 g/mol. The highest BCUT2D eigenvalue weighted by molar-refractivity contribution is 6.30. The second kappa shape index (κ2) is 6.99. The molecule has 0 atom stereocenters. The minimum atomic E-state index is -0.208. The molecule has 1 amide bonds. The zero-order valence-corrected chi connectivity index (χ0v) is 13.0. The second-order valence-corrected chi connectivity index (χ2v) is 5.33. The summed E-state index contributed by atoms with van der Waals surface area (Å²) < 4.78 is 5.70. The average Bonchev–Trinajstić information content (AvgIpc) is 3.04. The monoisotopic (exact) mass is 323 g/mol. The number of halogens is 1. The fourth-order valence-electron chi connectivity index (χ4n) is 2.07. The van der Waals surface area contributed by atoms with Crippen molar-refractivity contribution in [3.63, 3.8) is 0 Å². The van der Waals surface area contributed by atoms with Crippen LogP contribution in [0.1, 0.15) is 5.76 Å². The van der Waals surface area contributed by atoms with Gasteiger partial charge in [0.25, 0.3) is 0 Å². The first-order valence-electron chi connectivity index (χ1n) is 7.10. The summed E-state index contributed by atoms with van der Waals surface area (Å²) in [6.07, 6.45) is 3.08. The molecule has 0 aliphatic rings. The number of carbonyl (C=O) groups excluding carboxylic acids is 1. The number of para-hydroxylation sites is 1. The lowest BCUT2D eigenvalue weighted by atomic mass is 10.2. The number of amides is 1. The van der Waals surface area contributed by atoms with Gasteiger partial charge in [-0.15, -0.1) is 0 Å². The van der Waals surface area contributed by atoms with Crippen LogP contribution in [0.3, 0.4) is 0 Å². The Kier molecular flexibility index (Phi) is 4.60. The first-order valence-corrected chi connectivity index (χ1v) is 7.48. The minimum Gasteiger partial charge on any atom is -0.457 e. The van der Waals surface area contributed by atoms with Crippen molar-refractivity contribution in [2.45, 2.75) is 0 Å². The van der Waals surface area contributed by atoms with E-state index in [0.717, 1.165) is 17.0 Å². The zero-order chi connectivity index (χ0) is 16.1. The van der Waals surface area contributed by atoms with Gasteiger partial charge in [-0.3, -0.25) is 4.79 Å². The fraction of sp³-hybridized carbons (Fsp3) is 0. The molecule has 2 aromatic carbocycles. The Morgan fingerprint density at radius 1 is 0.957 bits per heavy atom. The molecule has 0 unspecified atom stereocenters. The molecule has 1 N–H and O–H groups in total. The number of hydrogen-bond donors (Lipinski definition) is 1. The van der Waals surface area contributed by atoms with Gasteiger partial charge in [-0.25, -0.2) is 0 Å². The molecular weight excluding hydrogens is 310 g/mol. The summed E-state index contributed by atoms with van der Waals surface area (Å²) >= 11 is 5.87. The van der Waals surface area contributed by atoms with Crippen LogP contribution in [0, 0.1) is 0 Å². The Balaban J connectivity index is 1.66. The molecule has 0 bridgehead atoms. The van der Waals surface area contributed by atoms with Crippen molar-refractivity contribution >= 4 is 29.3 Å². The van der Waals surface area contributed by atoms with E-state index in [1.165, 1.54) is 6.08 Å². The van der Waals surface area contributed by atoms with Crippen molar-refractivity contribution in [2.75, 3.05) is 5.32 Å². The summed E-state index contributed by atoms with van der Waals surface area (Å²) in [5.74, 6) is 1.13. The standard InChI is InChI=1S/C19H14ClNO2/c20-15-8-6-14(7-9-15)18-12-10-17(23-18)11-13-19(22)21-16-4-2-1-3-5-16/h1-13H,(H,21,22). The van der Waals surface area contributed by atoms with Crippen molar-refractivity contribution in [1.29, 1.82) is 0 Å². The lowest BCUT2D eigenvalue weighted by molar-refractivity contribution is -0.111. The van der Waals surface area contributed by atoms with Gasteiger partial charge < -0.3 is 9.73 Å². The minimum absolute atomic E-state index is 0.208. The number of nitrogens with one attached hydrogen (secondary N) is 1. The highest BCUT2D eigenvalue weighted by Crippen LogP contribution is 2.24. The second-order valence-electron chi connectivity index (χ2n) is 4.90. The van der Waals surface area contributed by atoms with E-state index >= 15 is 0 Å². The molecule has 0 saturated heterocycles. The molecular formula is C19H14ClNO2. The van der Waals surface area contributed by atoms with Crippen LogP contribution >= 0.6 is 11.6 Å². The summed E-state index contributed by atoms with van der Waals surface area (Å²) in [7, 11) is 0. The molecule has 1 heterocycles. The fourth-order valence-corrected chi connectivity index (χ4v) is 2.20. The number of anilines is 1. The van der Waals surface area contributed by atoms with Crippen LogP contribution in [-0.4, -0.2) is 5.91 Å². The normalized spacial score (nSPS) is 10.8. The number of benzene rings is 2. The maximum atomic E-state index is 11.8. The summed E-state index contributed by atoms with van der Waals surface area (Å²) in [5, 5.41) is 3.45. The van der Waals surface area contributed by atoms with Crippen LogP contribution in [0.15, 0.2) is 77.2 Å². The van der Waals surface area contributed by atoms with Gasteiger partial charge in [-0.05, 0) is 54.6 Å². The van der Waals surface area contributed by atoms with Crippen molar-refractivity contribution in [3.05, 3.63) is 83.6 Å². The summed E-state index contributed by atoms with van der Waals surface area (Å²) in [6, 6.07) is 20.3. The van der Waals surface area contributed by atoms with Gasteiger partial charge in [0.1, 0.15) is 11.5 Å². The van der Waals surface area contributed by atoms with E-state index in [-0.39, 0.29) is 5.91 Å². The smallest absolute Gasteiger partial charge is 0.248 e. The Bertz CT molecular complexity index is 820. The number of hydrogen-bond acceptors (Lipinski definition) is 2. The lowest BCUT2D eigenvalue weighted by Gasteiger charge is -2.00. The largest absolute Gasteiger partial charge is 0.457 e. The summed E-state index contributed by atoms with van der Waals surface area (Å²) in [5.41, 5.74) is 1.69. The van der Waals surface area contributed by atoms with Gasteiger partial charge in [0.2, 0.25) is 5.91 Å². The Morgan fingerprint density at radius 2 is 1.70 bits per heavy atom. The van der Waals surface area contributed by atoms with E-state index in [2.05, 4.69) is 5.32 Å². The highest BCUT2D eigenvalue weighted by atomic mass is 35.5. The first kappa shape index (κ1) is 15.1. The van der Waals surface area contributed by atoms with E-state index in [0.29, 0.717) is 10.8 Å². The molecule has 0 aliphatic heterocycles. The van der Waals surface area contributed by atoms with Crippen molar-refractivity contribution in [3.8, 4) is 11.3 Å². The maximum Gasteiger partial charge on any atom is 0.248 e. The third-order valence-electron chi connectivity index (χ3n) is 3.20. The Morgan fingerprint density at radius 3 is 2.43 bits per heavy atom. The third kappa shape index (κ3) is 4.11. The molecule has 1 aromatic heterocycles. The number of furan rings is 1. The predicted octanol–water partition coefficient (Wildman–Crippen LogP) is 5.25.